The number of carbonyl (C=O) groups excluding carboxylic acids is 1. The number of hydrogen-bond acceptors (Lipinski definition) is 5. The average molecular weight is 436 g/mol. The molecular formula is C25H16N4O2S. The van der Waals surface area contributed by atoms with Gasteiger partial charge in [0.1, 0.15) is 21.5 Å². The lowest BCUT2D eigenvalue weighted by molar-refractivity contribution is 0.103. The normalized spacial score (nSPS) is 12.2. The van der Waals surface area contributed by atoms with Crippen molar-refractivity contribution >= 4 is 34.0 Å². The third-order valence-electron chi connectivity index (χ3n) is 5.31. The molecule has 0 bridgehead atoms. The van der Waals surface area contributed by atoms with Crippen LogP contribution in [0.1, 0.15) is 15.2 Å². The Bertz CT molecular complexity index is 1420. The number of para-hydroxylation sites is 2. The van der Waals surface area contributed by atoms with Crippen molar-refractivity contribution in [2.45, 2.75) is 6.42 Å². The van der Waals surface area contributed by atoms with Crippen LogP contribution in [-0.2, 0) is 6.42 Å². The quantitative estimate of drug-likeness (QED) is 0.409. The molecule has 5 aromatic rings. The zero-order valence-corrected chi connectivity index (χ0v) is 17.6. The summed E-state index contributed by atoms with van der Waals surface area (Å²) in [4.78, 5) is 25.5. The molecule has 6 nitrogen and oxygen atoms in total. The number of amides is 1. The zero-order chi connectivity index (χ0) is 21.5. The van der Waals surface area contributed by atoms with Gasteiger partial charge in [-0.2, -0.15) is 0 Å². The number of nitrogens with zero attached hydrogens (tertiary/aromatic N) is 2. The predicted octanol–water partition coefficient (Wildman–Crippen LogP) is 5.14. The molecule has 0 saturated heterocycles. The van der Waals surface area contributed by atoms with Crippen molar-refractivity contribution in [2.24, 2.45) is 0 Å². The lowest BCUT2D eigenvalue weighted by atomic mass is 10.1. The molecule has 1 amide bonds. The number of benzene rings is 2. The summed E-state index contributed by atoms with van der Waals surface area (Å²) in [6, 6.07) is 23.6. The third kappa shape index (κ3) is 3.37. The largest absolute Gasteiger partial charge is 0.493 e. The maximum Gasteiger partial charge on any atom is 0.267 e. The molecule has 7 heteroatoms. The van der Waals surface area contributed by atoms with E-state index in [1.54, 1.807) is 12.3 Å². The van der Waals surface area contributed by atoms with E-state index in [9.17, 15) is 4.79 Å². The number of hydrogen-bond donors (Lipinski definition) is 2. The van der Waals surface area contributed by atoms with Crippen molar-refractivity contribution in [1.82, 2.24) is 15.0 Å². The molecule has 0 atom stereocenters. The van der Waals surface area contributed by atoms with E-state index in [0.29, 0.717) is 23.0 Å². The summed E-state index contributed by atoms with van der Waals surface area (Å²) >= 11 is 1.36. The van der Waals surface area contributed by atoms with Crippen LogP contribution in [0, 0.1) is 12.1 Å². The van der Waals surface area contributed by atoms with Gasteiger partial charge in [-0.05, 0) is 54.1 Å². The van der Waals surface area contributed by atoms with Crippen molar-refractivity contribution < 1.29 is 9.53 Å². The minimum Gasteiger partial charge on any atom is -0.493 e. The topological polar surface area (TPSA) is 79.9 Å². The zero-order valence-electron chi connectivity index (χ0n) is 16.8. The number of carbonyl (C=O) groups is 1. The van der Waals surface area contributed by atoms with Crippen LogP contribution in [0.25, 0.3) is 33.0 Å². The Balaban J connectivity index is 1.18. The molecule has 32 heavy (non-hydrogen) atoms. The summed E-state index contributed by atoms with van der Waals surface area (Å²) in [6.07, 6.45) is 2.50. The Morgan fingerprint density at radius 3 is 2.94 bits per heavy atom. The molecule has 0 unspecified atom stereocenters. The van der Waals surface area contributed by atoms with E-state index in [2.05, 4.69) is 38.5 Å². The molecule has 0 saturated carbocycles. The van der Waals surface area contributed by atoms with Crippen molar-refractivity contribution in [2.75, 3.05) is 11.9 Å². The van der Waals surface area contributed by atoms with E-state index in [0.717, 1.165) is 39.3 Å². The summed E-state index contributed by atoms with van der Waals surface area (Å²) in [5.41, 5.74) is 5.35. The van der Waals surface area contributed by atoms with Crippen molar-refractivity contribution in [3.63, 3.8) is 0 Å². The van der Waals surface area contributed by atoms with Gasteiger partial charge in [-0.25, -0.2) is 9.97 Å². The number of aromatic amines is 1. The third-order valence-corrected chi connectivity index (χ3v) is 6.35. The van der Waals surface area contributed by atoms with E-state index in [4.69, 9.17) is 4.74 Å². The van der Waals surface area contributed by atoms with Gasteiger partial charge in [-0.1, -0.05) is 18.2 Å². The first-order valence-corrected chi connectivity index (χ1v) is 11.0. The van der Waals surface area contributed by atoms with Crippen LogP contribution in [0.5, 0.6) is 5.75 Å². The van der Waals surface area contributed by atoms with Gasteiger partial charge < -0.3 is 15.0 Å². The van der Waals surface area contributed by atoms with Crippen LogP contribution in [0.15, 0.2) is 60.8 Å². The Morgan fingerprint density at radius 1 is 1.12 bits per heavy atom. The number of imidazole rings is 1. The summed E-state index contributed by atoms with van der Waals surface area (Å²) in [5.74, 6) is 1.42. The lowest BCUT2D eigenvalue weighted by Gasteiger charge is -2.01. The Kier molecular flexibility index (Phi) is 4.37. The van der Waals surface area contributed by atoms with Gasteiger partial charge in [0, 0.05) is 12.0 Å². The number of fused-ring (bicyclic) bond motifs is 2. The van der Waals surface area contributed by atoms with E-state index in [1.165, 1.54) is 16.9 Å². The van der Waals surface area contributed by atoms with E-state index in [1.807, 2.05) is 42.5 Å². The van der Waals surface area contributed by atoms with E-state index < -0.39 is 0 Å². The standard InChI is InChI=1S/C25H16N4O2S/c30-24(22-14-26-25(32-22)17-7-10-21-16(13-17)11-12-31-21)27-18-8-5-15(6-9-18)23-28-19-3-1-2-4-20(19)29-23/h1-5,7-8,10,13-14H,11-12H2,(H,27,30)(H,28,29). The highest BCUT2D eigenvalue weighted by molar-refractivity contribution is 7.17. The van der Waals surface area contributed by atoms with Crippen molar-refractivity contribution in [1.29, 1.82) is 0 Å². The number of ether oxygens (including phenoxy) is 1. The van der Waals surface area contributed by atoms with Gasteiger partial charge in [0.25, 0.3) is 5.91 Å². The fraction of sp³-hybridized carbons (Fsp3) is 0.0800. The lowest BCUT2D eigenvalue weighted by Crippen LogP contribution is -2.09. The molecule has 1 aliphatic heterocycles. The van der Waals surface area contributed by atoms with Crippen molar-refractivity contribution in [3.8, 4) is 27.7 Å². The molecule has 0 aliphatic carbocycles. The van der Waals surface area contributed by atoms with Crippen LogP contribution < -0.4 is 10.1 Å². The highest BCUT2D eigenvalue weighted by Crippen LogP contribution is 2.32. The van der Waals surface area contributed by atoms with Crippen LogP contribution in [-0.4, -0.2) is 27.5 Å². The molecule has 0 radical (unpaired) electrons. The summed E-state index contributed by atoms with van der Waals surface area (Å²) < 4.78 is 5.56. The molecule has 1 aliphatic rings. The Labute approximate surface area is 187 Å². The molecule has 154 valence electrons. The van der Waals surface area contributed by atoms with Crippen LogP contribution >= 0.6 is 11.3 Å². The van der Waals surface area contributed by atoms with Crippen LogP contribution in [0.4, 0.5) is 5.69 Å². The van der Waals surface area contributed by atoms with Gasteiger partial charge in [0.05, 0.1) is 35.1 Å². The molecule has 6 rings (SSSR count). The number of aromatic nitrogens is 3. The highest BCUT2D eigenvalue weighted by Gasteiger charge is 2.16. The fourth-order valence-electron chi connectivity index (χ4n) is 3.69. The number of anilines is 1. The smallest absolute Gasteiger partial charge is 0.267 e. The number of rotatable bonds is 4. The summed E-state index contributed by atoms with van der Waals surface area (Å²) in [5, 5.41) is 3.67. The van der Waals surface area contributed by atoms with Gasteiger partial charge in [0.15, 0.2) is 0 Å². The van der Waals surface area contributed by atoms with E-state index in [-0.39, 0.29) is 5.91 Å². The molecule has 3 aromatic carbocycles. The fourth-order valence-corrected chi connectivity index (χ4v) is 4.50. The van der Waals surface area contributed by atoms with Crippen LogP contribution in [0.3, 0.4) is 0 Å². The second kappa shape index (κ2) is 7.52. The van der Waals surface area contributed by atoms with Gasteiger partial charge >= 0.3 is 0 Å². The molecule has 2 N–H and O–H groups in total. The van der Waals surface area contributed by atoms with Gasteiger partial charge in [-0.3, -0.25) is 4.79 Å². The first kappa shape index (κ1) is 18.6. The predicted molar refractivity (Wildman–Crippen MR) is 124 cm³/mol. The second-order valence-electron chi connectivity index (χ2n) is 7.42. The second-order valence-corrected chi connectivity index (χ2v) is 8.45. The maximum atomic E-state index is 12.7. The molecule has 0 fully saturated rings. The summed E-state index contributed by atoms with van der Waals surface area (Å²) in [7, 11) is 0. The number of nitrogens with one attached hydrogen (secondary N) is 2. The number of H-pyrrole nitrogens is 1. The SMILES string of the molecule is O=C(Nc1c#cc(-c2nc3ccccc3[nH]2)cc1)c1cnc(-c2ccc3c(c2)CCO3)s1. The van der Waals surface area contributed by atoms with Crippen molar-refractivity contribution in [3.05, 3.63) is 83.4 Å². The van der Waals surface area contributed by atoms with Gasteiger partial charge in [0.2, 0.25) is 0 Å². The average Bonchev–Trinajstić information content (AvgIpc) is 3.58. The molecule has 2 aromatic heterocycles. The monoisotopic (exact) mass is 436 g/mol. The molecule has 3 heterocycles. The molecule has 0 spiro atoms. The van der Waals surface area contributed by atoms with Gasteiger partial charge in [-0.15, -0.1) is 11.3 Å². The Hall–Kier alpha value is -4.15. The minimum absolute atomic E-state index is 0.223. The van der Waals surface area contributed by atoms with Crippen LogP contribution in [0.2, 0.25) is 0 Å². The number of thiazole rings is 1. The first-order chi connectivity index (χ1) is 15.7. The highest BCUT2D eigenvalue weighted by atomic mass is 32.1. The molecular weight excluding hydrogens is 420 g/mol. The van der Waals surface area contributed by atoms with E-state index >= 15 is 0 Å². The maximum absolute atomic E-state index is 12.7. The summed E-state index contributed by atoms with van der Waals surface area (Å²) in [6.45, 7) is 0.715. The first-order valence-electron chi connectivity index (χ1n) is 10.2. The Morgan fingerprint density at radius 2 is 2.06 bits per heavy atom. The minimum atomic E-state index is -0.223.